The molecule has 0 aromatic heterocycles. The van der Waals surface area contributed by atoms with E-state index >= 15 is 0 Å². The third kappa shape index (κ3) is 22.9. The Morgan fingerprint density at radius 3 is 1.11 bits per heavy atom. The molecule has 21 nitrogen and oxygen atoms in total. The molecule has 0 unspecified atom stereocenters. The van der Waals surface area contributed by atoms with Crippen molar-refractivity contribution in [3.63, 3.8) is 0 Å². The van der Waals surface area contributed by atoms with E-state index in [4.69, 9.17) is 87.6 Å². The van der Waals surface area contributed by atoms with Gasteiger partial charge in [-0.1, -0.05) is 53.9 Å². The van der Waals surface area contributed by atoms with Gasteiger partial charge in [0.05, 0.1) is 6.04 Å². The average Bonchev–Trinajstić information content (AvgIpc) is 4.11. The first-order valence-electron chi connectivity index (χ1n) is 25.9. The van der Waals surface area contributed by atoms with E-state index in [9.17, 15) is 9.59 Å². The molecule has 24 heteroatoms. The number of hydrogen-bond donors (Lipinski definition) is 13. The van der Waals surface area contributed by atoms with E-state index in [1.54, 1.807) is 0 Å². The van der Waals surface area contributed by atoms with Crippen molar-refractivity contribution in [2.75, 3.05) is 0 Å². The fourth-order valence-corrected chi connectivity index (χ4v) is 12.8. The van der Waals surface area contributed by atoms with Gasteiger partial charge in [0.2, 0.25) is 11.8 Å². The standard InChI is InChI=1S/C17H33BN2O3.C16H32BN3O3.C11H23BN2O2.3CO2/c1-10(2)11(3)17(21)20-13-7-12-8-16(19)14(15(12)9-13)5-4-6-18(22)23;1-9(2)15(19)16(21)20-11-6-10-7-14(18)12(13(10)8-11)4-3-5-17(22)23;13-8-4-7-5-11(14)9(10(7)6-8)2-1-3-12(15)16;3*2-1-3/h10-16,22-23H,4-9,19H2,1-3H3,(H,20,21);9-15,22-23H,3-8,18-19H2,1-2H3,(H,20,21);7-11,15-16H,1-6,13-14H2;;;/t11-,12+,13-,14-,15+,16-;10-,11+,12+,13-,14+,15+;7-,8+,9+,10-,11+;;;/m011.../s1. The first-order valence-corrected chi connectivity index (χ1v) is 25.9. The molecule has 404 valence electrons. The van der Waals surface area contributed by atoms with E-state index in [1.165, 1.54) is 0 Å². The summed E-state index contributed by atoms with van der Waals surface area (Å²) < 4.78 is 0. The number of rotatable bonds is 18. The molecule has 17 atom stereocenters. The minimum atomic E-state index is -1.23. The van der Waals surface area contributed by atoms with E-state index in [2.05, 4.69) is 24.5 Å². The monoisotopic (exact) mass is 1010 g/mol. The minimum absolute atomic E-state index is 0.0470. The number of nitrogens with one attached hydrogen (secondary N) is 2. The highest BCUT2D eigenvalue weighted by molar-refractivity contribution is 6.41. The van der Waals surface area contributed by atoms with Crippen molar-refractivity contribution in [1.82, 2.24) is 10.6 Å². The smallest absolute Gasteiger partial charge is 0.427 e. The van der Waals surface area contributed by atoms with Gasteiger partial charge in [0.25, 0.3) is 0 Å². The number of fused-ring (bicyclic) bond motifs is 3. The van der Waals surface area contributed by atoms with Crippen LogP contribution in [0.3, 0.4) is 0 Å². The summed E-state index contributed by atoms with van der Waals surface area (Å²) in [6, 6.07) is 1.16. The predicted molar refractivity (Wildman–Crippen MR) is 263 cm³/mol. The summed E-state index contributed by atoms with van der Waals surface area (Å²) in [5, 5.41) is 60.0. The molecule has 2 amide bonds. The third-order valence-electron chi connectivity index (χ3n) is 16.4. The van der Waals surface area contributed by atoms with Crippen LogP contribution in [0.25, 0.3) is 0 Å². The highest BCUT2D eigenvalue weighted by atomic mass is 16.4. The molecule has 6 saturated carbocycles. The lowest BCUT2D eigenvalue weighted by Gasteiger charge is -2.24. The molecule has 0 spiro atoms. The Kier molecular flexibility index (Phi) is 31.9. The maximum absolute atomic E-state index is 12.3. The second-order valence-corrected chi connectivity index (χ2v) is 21.8. The van der Waals surface area contributed by atoms with Crippen LogP contribution in [0.1, 0.15) is 131 Å². The molecule has 6 aliphatic rings. The zero-order chi connectivity index (χ0) is 54.1. The minimum Gasteiger partial charge on any atom is -0.427 e. The third-order valence-corrected chi connectivity index (χ3v) is 16.4. The van der Waals surface area contributed by atoms with Gasteiger partial charge in [-0.15, -0.1) is 0 Å². The van der Waals surface area contributed by atoms with E-state index in [0.717, 1.165) is 102 Å². The topological polar surface area (TPSA) is 412 Å². The second-order valence-electron chi connectivity index (χ2n) is 21.8. The summed E-state index contributed by atoms with van der Waals surface area (Å²) in [5.74, 6) is 5.88. The molecule has 0 aromatic carbocycles. The molecule has 0 saturated heterocycles. The molecule has 6 aliphatic carbocycles. The lowest BCUT2D eigenvalue weighted by molar-refractivity contribution is -0.193. The summed E-state index contributed by atoms with van der Waals surface area (Å²) in [5.41, 5.74) is 30.7. The van der Waals surface area contributed by atoms with Gasteiger partial charge in [-0.05, 0) is 161 Å². The first-order chi connectivity index (χ1) is 33.4. The normalized spacial score (nSPS) is 32.2. The Morgan fingerprint density at radius 2 is 0.803 bits per heavy atom. The van der Waals surface area contributed by atoms with Crippen molar-refractivity contribution in [2.45, 2.75) is 192 Å². The van der Waals surface area contributed by atoms with Crippen LogP contribution in [0.4, 0.5) is 0 Å². The molecule has 71 heavy (non-hydrogen) atoms. The Morgan fingerprint density at radius 1 is 0.493 bits per heavy atom. The molecule has 18 N–H and O–H groups in total. The molecule has 0 aromatic rings. The van der Waals surface area contributed by atoms with Gasteiger partial charge < -0.3 is 69.4 Å². The van der Waals surface area contributed by atoms with Crippen LogP contribution in [-0.4, -0.2) is 124 Å². The summed E-state index contributed by atoms with van der Waals surface area (Å²) in [4.78, 5) is 73.1. The Bertz CT molecular complexity index is 1540. The first kappa shape index (κ1) is 65.8. The maximum atomic E-state index is 12.3. The molecular formula is C47H88B3N7O14. The van der Waals surface area contributed by atoms with Crippen LogP contribution in [-0.2, 0) is 38.4 Å². The number of carbonyl (C=O) groups is 2. The number of carbonyl (C=O) groups excluding carboxylic acids is 8. The SMILES string of the molecule is CC(C)[C@H](C)C(=O)N[C@H]1C[C@@H]2C[C@H](N)[C@@H](CCCB(O)O)[C@@H]2C1.CC(C)[C@H](N)C(=O)N[C@H]1C[C@@H]2C[C@H](N)[C@@H](CCCB(O)O)[C@@H]2C1.N[C@H]1C[C@@H]2C[C@H](N)[C@@H](CCCB(O)O)[C@@H]2C1.O=C=O.O=C=O.O=C=O. The summed E-state index contributed by atoms with van der Waals surface area (Å²) in [7, 11) is -3.60. The summed E-state index contributed by atoms with van der Waals surface area (Å²) >= 11 is 0. The lowest BCUT2D eigenvalue weighted by Crippen LogP contribution is -2.47. The van der Waals surface area contributed by atoms with Crippen LogP contribution < -0.4 is 39.3 Å². The maximum Gasteiger partial charge on any atom is 0.451 e. The molecular weight excluding hydrogens is 919 g/mol. The zero-order valence-electron chi connectivity index (χ0n) is 42.8. The molecule has 0 heterocycles. The van der Waals surface area contributed by atoms with Crippen molar-refractivity contribution in [1.29, 1.82) is 0 Å². The van der Waals surface area contributed by atoms with E-state index in [-0.39, 0.29) is 66.3 Å². The van der Waals surface area contributed by atoms with Crippen LogP contribution in [0.5, 0.6) is 0 Å². The largest absolute Gasteiger partial charge is 0.451 e. The van der Waals surface area contributed by atoms with E-state index in [1.807, 2.05) is 20.8 Å². The van der Waals surface area contributed by atoms with Gasteiger partial charge in [0.15, 0.2) is 0 Å². The number of hydrogen-bond acceptors (Lipinski definition) is 19. The van der Waals surface area contributed by atoms with Crippen LogP contribution >= 0.6 is 0 Å². The molecule has 0 bridgehead atoms. The fourth-order valence-electron chi connectivity index (χ4n) is 12.8. The summed E-state index contributed by atoms with van der Waals surface area (Å²) in [6.07, 6.45) is 16.9. The van der Waals surface area contributed by atoms with Crippen molar-refractivity contribution in [3.8, 4) is 0 Å². The number of nitrogens with two attached hydrogens (primary N) is 5. The van der Waals surface area contributed by atoms with Crippen LogP contribution in [0.2, 0.25) is 19.0 Å². The fraction of sp³-hybridized carbons (Fsp3) is 0.894. The van der Waals surface area contributed by atoms with Crippen molar-refractivity contribution < 1.29 is 68.5 Å². The molecule has 0 radical (unpaired) electrons. The van der Waals surface area contributed by atoms with Gasteiger partial charge in [-0.2, -0.15) is 28.8 Å². The van der Waals surface area contributed by atoms with Gasteiger partial charge in [0, 0.05) is 42.2 Å². The van der Waals surface area contributed by atoms with Crippen LogP contribution in [0, 0.1) is 71.0 Å². The molecule has 6 rings (SSSR count). The Balaban J connectivity index is 0.000000496. The molecule has 6 fully saturated rings. The van der Waals surface area contributed by atoms with Crippen molar-refractivity contribution in [2.24, 2.45) is 99.7 Å². The van der Waals surface area contributed by atoms with Crippen LogP contribution in [0.15, 0.2) is 0 Å². The van der Waals surface area contributed by atoms with E-state index < -0.39 is 27.4 Å². The summed E-state index contributed by atoms with van der Waals surface area (Å²) in [6.45, 7) is 10.1. The van der Waals surface area contributed by atoms with Crippen molar-refractivity contribution in [3.05, 3.63) is 0 Å². The van der Waals surface area contributed by atoms with Gasteiger partial charge in [-0.25, -0.2) is 0 Å². The van der Waals surface area contributed by atoms with Gasteiger partial charge in [-0.3, -0.25) is 9.59 Å². The average molecular weight is 1010 g/mol. The Labute approximate surface area is 421 Å². The van der Waals surface area contributed by atoms with Gasteiger partial charge >= 0.3 is 39.8 Å². The highest BCUT2D eigenvalue weighted by Crippen LogP contribution is 2.51. The zero-order valence-corrected chi connectivity index (χ0v) is 42.8. The highest BCUT2D eigenvalue weighted by Gasteiger charge is 2.49. The van der Waals surface area contributed by atoms with Gasteiger partial charge in [0.1, 0.15) is 0 Å². The number of amides is 2. The Hall–Kier alpha value is -3.17. The predicted octanol–water partition coefficient (Wildman–Crippen LogP) is -0.340. The van der Waals surface area contributed by atoms with Crippen molar-refractivity contribution >= 4 is 51.6 Å². The second kappa shape index (κ2) is 34.3. The van der Waals surface area contributed by atoms with E-state index in [0.29, 0.717) is 84.3 Å². The quantitative estimate of drug-likeness (QED) is 0.0781. The molecule has 0 aliphatic heterocycles. The lowest BCUT2D eigenvalue weighted by atomic mass is 9.79.